The van der Waals surface area contributed by atoms with Gasteiger partial charge in [-0.15, -0.1) is 0 Å². The van der Waals surface area contributed by atoms with E-state index in [9.17, 15) is 19.2 Å². The molecule has 2 atom stereocenters. The van der Waals surface area contributed by atoms with Crippen LogP contribution in [0, 0.1) is 11.8 Å². The molecule has 2 aliphatic heterocycles. The van der Waals surface area contributed by atoms with Crippen LogP contribution in [0.3, 0.4) is 0 Å². The second-order valence-electron chi connectivity index (χ2n) is 3.62. The lowest BCUT2D eigenvalue weighted by Gasteiger charge is -2.24. The predicted octanol–water partition coefficient (Wildman–Crippen LogP) is -0.444. The van der Waals surface area contributed by atoms with Crippen molar-refractivity contribution >= 4 is 23.9 Å². The number of hydrogen-bond acceptors (Lipinski definition) is 6. The summed E-state index contributed by atoms with van der Waals surface area (Å²) < 4.78 is 8.79. The zero-order chi connectivity index (χ0) is 11.0. The second kappa shape index (κ2) is 3.45. The molecule has 0 aromatic carbocycles. The molecular weight excluding hydrogens is 204 g/mol. The highest BCUT2D eigenvalue weighted by Crippen LogP contribution is 2.32. The lowest BCUT2D eigenvalue weighted by atomic mass is 9.83. The molecule has 15 heavy (non-hydrogen) atoms. The molecule has 6 nitrogen and oxygen atoms in total. The number of hydrogen-bond donors (Lipinski definition) is 0. The lowest BCUT2D eigenvalue weighted by Crippen LogP contribution is -2.35. The van der Waals surface area contributed by atoms with Gasteiger partial charge in [0, 0.05) is 0 Å². The van der Waals surface area contributed by atoms with E-state index in [2.05, 4.69) is 9.47 Å². The maximum absolute atomic E-state index is 11.3. The van der Waals surface area contributed by atoms with Crippen LogP contribution in [0.2, 0.25) is 0 Å². The van der Waals surface area contributed by atoms with E-state index in [4.69, 9.17) is 0 Å². The Morgan fingerprint density at radius 3 is 2.00 bits per heavy atom. The molecule has 2 saturated heterocycles. The average Bonchev–Trinajstić information content (AvgIpc) is 2.22. The van der Waals surface area contributed by atoms with Crippen LogP contribution in [0.25, 0.3) is 0 Å². The molecule has 2 aliphatic rings. The van der Waals surface area contributed by atoms with Crippen molar-refractivity contribution in [3.05, 3.63) is 0 Å². The minimum absolute atomic E-state index is 0.0151. The lowest BCUT2D eigenvalue weighted by molar-refractivity contribution is -0.171. The van der Waals surface area contributed by atoms with Gasteiger partial charge in [0.2, 0.25) is 0 Å². The Hall–Kier alpha value is -1.72. The van der Waals surface area contributed by atoms with Crippen LogP contribution < -0.4 is 0 Å². The molecule has 0 radical (unpaired) electrons. The fourth-order valence-corrected chi connectivity index (χ4v) is 1.85. The molecule has 0 bridgehead atoms. The van der Waals surface area contributed by atoms with Gasteiger partial charge in [-0.05, 0) is 5.92 Å². The van der Waals surface area contributed by atoms with Crippen LogP contribution in [-0.4, -0.2) is 23.9 Å². The number of carbonyl (C=O) groups excluding carboxylic acids is 4. The van der Waals surface area contributed by atoms with E-state index in [1.807, 2.05) is 0 Å². The Morgan fingerprint density at radius 1 is 0.800 bits per heavy atom. The first-order chi connectivity index (χ1) is 7.06. The molecule has 80 valence electrons. The third-order valence-corrected chi connectivity index (χ3v) is 2.56. The molecule has 0 saturated carbocycles. The van der Waals surface area contributed by atoms with Crippen molar-refractivity contribution in [1.82, 2.24) is 0 Å². The van der Waals surface area contributed by atoms with Crippen LogP contribution >= 0.6 is 0 Å². The second-order valence-corrected chi connectivity index (χ2v) is 3.62. The number of fused-ring (bicyclic) bond motifs is 1. The Kier molecular flexibility index (Phi) is 2.26. The number of carbonyl (C=O) groups is 4. The minimum atomic E-state index is -0.737. The van der Waals surface area contributed by atoms with E-state index in [1.54, 1.807) is 0 Å². The standard InChI is InChI=1S/C9H8O6/c10-6-1-4-2-7(11)15-9(13)5(4)3-8(12)14-6/h4-5H,1-3H2/t4-,5?/m0/s1. The third kappa shape index (κ3) is 1.88. The minimum Gasteiger partial charge on any atom is -0.393 e. The fraction of sp³-hybridized carbons (Fsp3) is 0.556. The zero-order valence-corrected chi connectivity index (χ0v) is 7.73. The summed E-state index contributed by atoms with van der Waals surface area (Å²) in [6.07, 6.45) is -0.293. The highest BCUT2D eigenvalue weighted by Gasteiger charge is 2.43. The summed E-state index contributed by atoms with van der Waals surface area (Å²) in [7, 11) is 0. The van der Waals surface area contributed by atoms with Gasteiger partial charge in [0.25, 0.3) is 0 Å². The van der Waals surface area contributed by atoms with Gasteiger partial charge in [0.1, 0.15) is 0 Å². The van der Waals surface area contributed by atoms with Crippen LogP contribution in [0.1, 0.15) is 19.3 Å². The van der Waals surface area contributed by atoms with Crippen molar-refractivity contribution in [1.29, 1.82) is 0 Å². The van der Waals surface area contributed by atoms with Crippen LogP contribution in [-0.2, 0) is 28.7 Å². The van der Waals surface area contributed by atoms with Crippen molar-refractivity contribution < 1.29 is 28.7 Å². The largest absolute Gasteiger partial charge is 0.393 e. The van der Waals surface area contributed by atoms with Crippen molar-refractivity contribution in [2.45, 2.75) is 19.3 Å². The molecule has 0 aliphatic carbocycles. The summed E-state index contributed by atoms with van der Waals surface area (Å²) in [4.78, 5) is 44.3. The highest BCUT2D eigenvalue weighted by atomic mass is 16.6. The SMILES string of the molecule is O=C1CC2C(=O)OC(=O)C[C@@H]2CC(=O)O1. The Bertz CT molecular complexity index is 358. The summed E-state index contributed by atoms with van der Waals surface area (Å²) in [6, 6.07) is 0. The molecule has 0 amide bonds. The van der Waals surface area contributed by atoms with Crippen molar-refractivity contribution in [3.8, 4) is 0 Å². The Labute approximate surface area is 84.5 Å². The van der Waals surface area contributed by atoms with Gasteiger partial charge in [-0.1, -0.05) is 0 Å². The van der Waals surface area contributed by atoms with E-state index < -0.39 is 35.7 Å². The maximum Gasteiger partial charge on any atom is 0.317 e. The van der Waals surface area contributed by atoms with Gasteiger partial charge in [-0.3, -0.25) is 19.2 Å². The summed E-state index contributed by atoms with van der Waals surface area (Å²) in [5.74, 6) is -3.99. The van der Waals surface area contributed by atoms with Gasteiger partial charge in [-0.2, -0.15) is 0 Å². The third-order valence-electron chi connectivity index (χ3n) is 2.56. The molecular formula is C9H8O6. The highest BCUT2D eigenvalue weighted by molar-refractivity contribution is 5.95. The van der Waals surface area contributed by atoms with E-state index in [0.29, 0.717) is 0 Å². The first-order valence-corrected chi connectivity index (χ1v) is 4.54. The topological polar surface area (TPSA) is 86.7 Å². The fourth-order valence-electron chi connectivity index (χ4n) is 1.85. The van der Waals surface area contributed by atoms with Crippen molar-refractivity contribution in [2.24, 2.45) is 11.8 Å². The number of ether oxygens (including phenoxy) is 2. The molecule has 0 aromatic rings. The average molecular weight is 212 g/mol. The predicted molar refractivity (Wildman–Crippen MR) is 43.0 cm³/mol. The molecule has 0 aromatic heterocycles. The molecule has 0 N–H and O–H groups in total. The Morgan fingerprint density at radius 2 is 1.33 bits per heavy atom. The van der Waals surface area contributed by atoms with Crippen LogP contribution in [0.4, 0.5) is 0 Å². The van der Waals surface area contributed by atoms with Gasteiger partial charge in [0.15, 0.2) is 0 Å². The molecule has 2 rings (SSSR count). The number of esters is 4. The van der Waals surface area contributed by atoms with E-state index in [1.165, 1.54) is 0 Å². The molecule has 0 spiro atoms. The molecule has 1 unspecified atom stereocenters. The molecule has 6 heteroatoms. The summed E-state index contributed by atoms with van der Waals surface area (Å²) in [5.41, 5.74) is 0. The van der Waals surface area contributed by atoms with Gasteiger partial charge in [0.05, 0.1) is 25.2 Å². The van der Waals surface area contributed by atoms with E-state index in [0.717, 1.165) is 0 Å². The maximum atomic E-state index is 11.3. The van der Waals surface area contributed by atoms with E-state index >= 15 is 0 Å². The van der Waals surface area contributed by atoms with E-state index in [-0.39, 0.29) is 19.3 Å². The van der Waals surface area contributed by atoms with Gasteiger partial charge >= 0.3 is 23.9 Å². The summed E-state index contributed by atoms with van der Waals surface area (Å²) >= 11 is 0. The van der Waals surface area contributed by atoms with Crippen molar-refractivity contribution in [2.75, 3.05) is 0 Å². The summed E-state index contributed by atoms with van der Waals surface area (Å²) in [6.45, 7) is 0. The van der Waals surface area contributed by atoms with Crippen LogP contribution in [0.15, 0.2) is 0 Å². The van der Waals surface area contributed by atoms with Gasteiger partial charge < -0.3 is 9.47 Å². The monoisotopic (exact) mass is 212 g/mol. The van der Waals surface area contributed by atoms with Crippen LogP contribution in [0.5, 0.6) is 0 Å². The number of rotatable bonds is 0. The molecule has 2 fully saturated rings. The normalized spacial score (nSPS) is 31.5. The quantitative estimate of drug-likeness (QED) is 0.399. The summed E-state index contributed by atoms with van der Waals surface area (Å²) in [5, 5.41) is 0. The first kappa shape index (κ1) is 9.82. The zero-order valence-electron chi connectivity index (χ0n) is 7.73. The Balaban J connectivity index is 2.24. The number of cyclic esters (lactones) is 4. The molecule has 2 heterocycles. The smallest absolute Gasteiger partial charge is 0.317 e. The van der Waals surface area contributed by atoms with Gasteiger partial charge in [-0.25, -0.2) is 0 Å². The van der Waals surface area contributed by atoms with Crippen molar-refractivity contribution in [3.63, 3.8) is 0 Å². The first-order valence-electron chi connectivity index (χ1n) is 4.54.